The van der Waals surface area contributed by atoms with Gasteiger partial charge in [-0.3, -0.25) is 4.79 Å². The number of oxazole rings is 1. The Morgan fingerprint density at radius 1 is 1.60 bits per heavy atom. The van der Waals surface area contributed by atoms with Crippen molar-refractivity contribution in [1.82, 2.24) is 9.88 Å². The molecule has 20 heavy (non-hydrogen) atoms. The zero-order valence-corrected chi connectivity index (χ0v) is 11.6. The zero-order chi connectivity index (χ0) is 14.3. The summed E-state index contributed by atoms with van der Waals surface area (Å²) in [5, 5.41) is 0. The van der Waals surface area contributed by atoms with Crippen molar-refractivity contribution in [1.29, 1.82) is 0 Å². The lowest BCUT2D eigenvalue weighted by Crippen LogP contribution is -2.31. The lowest BCUT2D eigenvalue weighted by atomic mass is 10.2. The van der Waals surface area contributed by atoms with Gasteiger partial charge in [0.05, 0.1) is 5.56 Å². The molecule has 1 atom stereocenters. The molecular formula is C14H17N4O2. The van der Waals surface area contributed by atoms with Crippen LogP contribution in [-0.2, 0) is 0 Å². The Hall–Kier alpha value is -2.08. The van der Waals surface area contributed by atoms with E-state index in [1.54, 1.807) is 12.1 Å². The van der Waals surface area contributed by atoms with Crippen LogP contribution in [0.15, 0.2) is 16.5 Å². The number of carbonyl (C=O) groups excluding carboxylic acids is 1. The van der Waals surface area contributed by atoms with Gasteiger partial charge in [-0.25, -0.2) is 0 Å². The molecule has 1 aromatic carbocycles. The third-order valence-electron chi connectivity index (χ3n) is 3.75. The molecule has 0 saturated carbocycles. The zero-order valence-electron chi connectivity index (χ0n) is 11.6. The Morgan fingerprint density at radius 2 is 2.40 bits per heavy atom. The maximum absolute atomic E-state index is 11.4. The summed E-state index contributed by atoms with van der Waals surface area (Å²) < 4.78 is 5.74. The molecule has 1 aliphatic rings. The fraction of sp³-hybridized carbons (Fsp3) is 0.429. The molecule has 0 aliphatic carbocycles. The van der Waals surface area contributed by atoms with Crippen molar-refractivity contribution in [2.45, 2.75) is 12.5 Å². The third-order valence-corrected chi connectivity index (χ3v) is 3.75. The minimum atomic E-state index is -0.539. The molecule has 1 amide bonds. The van der Waals surface area contributed by atoms with Crippen molar-refractivity contribution in [3.05, 3.63) is 23.8 Å². The van der Waals surface area contributed by atoms with Gasteiger partial charge in [-0.2, -0.15) is 4.98 Å². The lowest BCUT2D eigenvalue weighted by molar-refractivity contribution is 0.100. The second-order valence-electron chi connectivity index (χ2n) is 5.28. The van der Waals surface area contributed by atoms with E-state index in [9.17, 15) is 4.79 Å². The summed E-state index contributed by atoms with van der Waals surface area (Å²) in [5.74, 6) is -0.539. The number of amides is 1. The molecule has 1 unspecified atom stereocenters. The predicted octanol–water partition coefficient (Wildman–Crippen LogP) is 0.867. The molecule has 2 N–H and O–H groups in total. The number of fused-ring (bicyclic) bond motifs is 1. The smallest absolute Gasteiger partial charge is 0.298 e. The minimum absolute atomic E-state index is 0.279. The van der Waals surface area contributed by atoms with Crippen molar-refractivity contribution in [2.24, 2.45) is 5.73 Å². The highest BCUT2D eigenvalue weighted by atomic mass is 16.4. The number of benzene rings is 1. The van der Waals surface area contributed by atoms with Crippen LogP contribution in [-0.4, -0.2) is 49.0 Å². The van der Waals surface area contributed by atoms with E-state index in [2.05, 4.69) is 34.9 Å². The Kier molecular flexibility index (Phi) is 3.10. The van der Waals surface area contributed by atoms with Crippen LogP contribution in [0.3, 0.4) is 0 Å². The Bertz CT molecular complexity index is 650. The standard InChI is InChI=1S/C14H17N4O2/c1-17(2)9-6-7-18(8-9)14-16-12-10(13(15)19)4-3-5-11(12)20-14/h3,5,9H,6-8H2,1-2H3,(H2,15,19). The summed E-state index contributed by atoms with van der Waals surface area (Å²) in [6.45, 7) is 1.76. The quantitative estimate of drug-likeness (QED) is 0.898. The van der Waals surface area contributed by atoms with Gasteiger partial charge in [-0.15, -0.1) is 0 Å². The maximum Gasteiger partial charge on any atom is 0.298 e. The van der Waals surface area contributed by atoms with Crippen molar-refractivity contribution < 1.29 is 9.21 Å². The van der Waals surface area contributed by atoms with Gasteiger partial charge in [0.15, 0.2) is 5.58 Å². The van der Waals surface area contributed by atoms with Crippen molar-refractivity contribution in [3.63, 3.8) is 0 Å². The Morgan fingerprint density at radius 3 is 3.05 bits per heavy atom. The number of nitrogens with two attached hydrogens (primary N) is 1. The topological polar surface area (TPSA) is 75.6 Å². The molecule has 2 aromatic rings. The van der Waals surface area contributed by atoms with Crippen molar-refractivity contribution in [2.75, 3.05) is 32.1 Å². The largest absolute Gasteiger partial charge is 0.423 e. The minimum Gasteiger partial charge on any atom is -0.423 e. The summed E-state index contributed by atoms with van der Waals surface area (Å²) in [5.41, 5.74) is 6.67. The summed E-state index contributed by atoms with van der Waals surface area (Å²) >= 11 is 0. The van der Waals surface area contributed by atoms with Gasteiger partial charge in [0.1, 0.15) is 5.52 Å². The maximum atomic E-state index is 11.4. The average molecular weight is 273 g/mol. The fourth-order valence-electron chi connectivity index (χ4n) is 2.54. The normalized spacial score (nSPS) is 19.1. The van der Waals surface area contributed by atoms with E-state index in [4.69, 9.17) is 10.2 Å². The van der Waals surface area contributed by atoms with Crippen LogP contribution in [0.2, 0.25) is 0 Å². The van der Waals surface area contributed by atoms with E-state index in [0.717, 1.165) is 19.5 Å². The first-order valence-electron chi connectivity index (χ1n) is 6.58. The molecule has 6 heteroatoms. The number of primary amides is 1. The lowest BCUT2D eigenvalue weighted by Gasteiger charge is -2.19. The molecule has 1 radical (unpaired) electrons. The van der Waals surface area contributed by atoms with E-state index in [0.29, 0.717) is 23.2 Å². The average Bonchev–Trinajstić information content (AvgIpc) is 3.04. The monoisotopic (exact) mass is 273 g/mol. The van der Waals surface area contributed by atoms with Crippen LogP contribution < -0.4 is 10.6 Å². The highest BCUT2D eigenvalue weighted by Gasteiger charge is 2.27. The first kappa shape index (κ1) is 12.9. The van der Waals surface area contributed by atoms with Crippen LogP contribution in [0.5, 0.6) is 0 Å². The molecule has 1 fully saturated rings. The van der Waals surface area contributed by atoms with Gasteiger partial charge in [-0.05, 0) is 38.7 Å². The van der Waals surface area contributed by atoms with E-state index in [-0.39, 0.29) is 5.56 Å². The number of anilines is 1. The number of hydrogen-bond donors (Lipinski definition) is 1. The number of nitrogens with zero attached hydrogens (tertiary/aromatic N) is 3. The number of likely N-dealkylation sites (N-methyl/N-ethyl adjacent to an activating group) is 1. The highest BCUT2D eigenvalue weighted by Crippen LogP contribution is 2.27. The molecule has 0 spiro atoms. The summed E-state index contributed by atoms with van der Waals surface area (Å²) in [4.78, 5) is 20.1. The van der Waals surface area contributed by atoms with Gasteiger partial charge in [0.25, 0.3) is 11.9 Å². The van der Waals surface area contributed by atoms with Gasteiger partial charge in [0.2, 0.25) is 0 Å². The Labute approximate surface area is 117 Å². The fourth-order valence-corrected chi connectivity index (χ4v) is 2.54. The second kappa shape index (κ2) is 4.79. The molecule has 105 valence electrons. The van der Waals surface area contributed by atoms with Gasteiger partial charge >= 0.3 is 0 Å². The molecule has 0 bridgehead atoms. The van der Waals surface area contributed by atoms with E-state index >= 15 is 0 Å². The van der Waals surface area contributed by atoms with Crippen LogP contribution in [0.25, 0.3) is 11.1 Å². The molecular weight excluding hydrogens is 256 g/mol. The number of carbonyl (C=O) groups is 1. The summed E-state index contributed by atoms with van der Waals surface area (Å²) in [7, 11) is 4.14. The van der Waals surface area contributed by atoms with Crippen molar-refractivity contribution >= 4 is 23.0 Å². The Balaban J connectivity index is 1.94. The number of rotatable bonds is 3. The van der Waals surface area contributed by atoms with Crippen LogP contribution in [0.4, 0.5) is 6.01 Å². The molecule has 3 rings (SSSR count). The van der Waals surface area contributed by atoms with E-state index < -0.39 is 5.91 Å². The molecule has 1 aromatic heterocycles. The van der Waals surface area contributed by atoms with Gasteiger partial charge in [-0.1, -0.05) is 0 Å². The van der Waals surface area contributed by atoms with Gasteiger partial charge in [0, 0.05) is 19.1 Å². The highest BCUT2D eigenvalue weighted by molar-refractivity contribution is 6.03. The number of aromatic nitrogens is 1. The molecule has 6 nitrogen and oxygen atoms in total. The van der Waals surface area contributed by atoms with Gasteiger partial charge < -0.3 is 20.0 Å². The SMILES string of the molecule is CN(C)C1CCN(c2nc3c(C(N)=O)[c]ccc3o2)C1. The van der Waals surface area contributed by atoms with Crippen molar-refractivity contribution in [3.8, 4) is 0 Å². The summed E-state index contributed by atoms with van der Waals surface area (Å²) in [6, 6.07) is 7.24. The predicted molar refractivity (Wildman–Crippen MR) is 75.7 cm³/mol. The molecule has 2 heterocycles. The number of hydrogen-bond acceptors (Lipinski definition) is 5. The summed E-state index contributed by atoms with van der Waals surface area (Å²) in [6.07, 6.45) is 1.07. The van der Waals surface area contributed by atoms with Crippen LogP contribution >= 0.6 is 0 Å². The molecule has 1 aliphatic heterocycles. The second-order valence-corrected chi connectivity index (χ2v) is 5.28. The van der Waals surface area contributed by atoms with Crippen LogP contribution in [0, 0.1) is 6.07 Å². The molecule has 1 saturated heterocycles. The van der Waals surface area contributed by atoms with Crippen LogP contribution in [0.1, 0.15) is 16.8 Å². The van der Waals surface area contributed by atoms with E-state index in [1.807, 2.05) is 0 Å². The first-order valence-corrected chi connectivity index (χ1v) is 6.58. The first-order chi connectivity index (χ1) is 9.56. The van der Waals surface area contributed by atoms with E-state index in [1.165, 1.54) is 0 Å². The third kappa shape index (κ3) is 2.12.